The van der Waals surface area contributed by atoms with Crippen LogP contribution in [0.25, 0.3) is 10.9 Å². The molecule has 2 aromatic carbocycles. The molecule has 0 radical (unpaired) electrons. The molecule has 0 saturated carbocycles. The van der Waals surface area contributed by atoms with E-state index in [0.717, 1.165) is 37.9 Å². The predicted molar refractivity (Wildman–Crippen MR) is 123 cm³/mol. The van der Waals surface area contributed by atoms with Crippen LogP contribution in [0.1, 0.15) is 36.9 Å². The zero-order chi connectivity index (χ0) is 20.6. The van der Waals surface area contributed by atoms with Crippen LogP contribution in [0, 0.1) is 0 Å². The molecular weight excluding hydrogens is 402 g/mol. The molecule has 148 valence electrons. The zero-order valence-corrected chi connectivity index (χ0v) is 18.1. The minimum atomic E-state index is -0.135. The van der Waals surface area contributed by atoms with Crippen molar-refractivity contribution >= 4 is 44.7 Å². The highest BCUT2D eigenvalue weighted by molar-refractivity contribution is 7.15. The van der Waals surface area contributed by atoms with Gasteiger partial charge in [0, 0.05) is 38.5 Å². The summed E-state index contributed by atoms with van der Waals surface area (Å²) in [6.07, 6.45) is 0.543. The Bertz CT molecular complexity index is 1240. The Morgan fingerprint density at radius 2 is 1.90 bits per heavy atom. The summed E-state index contributed by atoms with van der Waals surface area (Å²) in [6, 6.07) is 17.4. The van der Waals surface area contributed by atoms with Gasteiger partial charge in [0.15, 0.2) is 5.13 Å². The lowest BCUT2D eigenvalue weighted by molar-refractivity contribution is 0.568. The van der Waals surface area contributed by atoms with Gasteiger partial charge in [0.2, 0.25) is 0 Å². The van der Waals surface area contributed by atoms with Crippen molar-refractivity contribution < 1.29 is 0 Å². The number of hydrogen-bond donors (Lipinski definition) is 2. The molecule has 0 unspecified atom stereocenters. The van der Waals surface area contributed by atoms with Gasteiger partial charge in [-0.1, -0.05) is 56.6 Å². The van der Waals surface area contributed by atoms with Gasteiger partial charge in [-0.3, -0.25) is 4.79 Å². The Labute approximate surface area is 178 Å². The van der Waals surface area contributed by atoms with Crippen molar-refractivity contribution in [2.45, 2.75) is 32.6 Å². The molecule has 0 fully saturated rings. The van der Waals surface area contributed by atoms with Crippen LogP contribution in [0.4, 0.5) is 10.8 Å². The molecule has 29 heavy (non-hydrogen) atoms. The molecular formula is C23H22ClN3OS. The number of nitrogens with zero attached hydrogens (tertiary/aromatic N) is 1. The molecule has 4 nitrogen and oxygen atoms in total. The lowest BCUT2D eigenvalue weighted by Gasteiger charge is -2.17. The lowest BCUT2D eigenvalue weighted by atomic mass is 9.90. The Balaban J connectivity index is 1.72. The third-order valence-corrected chi connectivity index (χ3v) is 5.87. The molecule has 4 rings (SSSR count). The van der Waals surface area contributed by atoms with E-state index in [4.69, 9.17) is 16.6 Å². The maximum atomic E-state index is 12.6. The highest BCUT2D eigenvalue weighted by atomic mass is 35.5. The maximum absolute atomic E-state index is 12.6. The quantitative estimate of drug-likeness (QED) is 0.406. The summed E-state index contributed by atoms with van der Waals surface area (Å²) in [6.45, 7) is 6.41. The van der Waals surface area contributed by atoms with Crippen LogP contribution < -0.4 is 10.9 Å². The highest BCUT2D eigenvalue weighted by Crippen LogP contribution is 2.35. The second-order valence-corrected chi connectivity index (χ2v) is 9.58. The standard InChI is InChI=1S/C23H22ClN3OS/c1-23(2,3)20-19(29-22(27-20)25-17-9-6-8-16(24)13-17)12-15-11-14-7-4-5-10-18(14)26-21(15)28/h4-11,13H,12H2,1-3H3,(H,25,27)(H,26,28). The number of hydrogen-bond acceptors (Lipinski definition) is 4. The van der Waals surface area contributed by atoms with Crippen molar-refractivity contribution in [1.82, 2.24) is 9.97 Å². The first kappa shape index (κ1) is 19.7. The number of pyridine rings is 1. The fourth-order valence-corrected chi connectivity index (χ4v) is 4.70. The molecule has 0 saturated heterocycles. The number of halogens is 1. The maximum Gasteiger partial charge on any atom is 0.251 e. The third-order valence-electron chi connectivity index (χ3n) is 4.67. The van der Waals surface area contributed by atoms with Crippen LogP contribution >= 0.6 is 22.9 Å². The summed E-state index contributed by atoms with van der Waals surface area (Å²) >= 11 is 7.68. The largest absolute Gasteiger partial charge is 0.331 e. The molecule has 2 aromatic heterocycles. The molecule has 4 aromatic rings. The minimum absolute atomic E-state index is 0.0543. The van der Waals surface area contributed by atoms with Gasteiger partial charge in [0.1, 0.15) is 0 Å². The topological polar surface area (TPSA) is 57.8 Å². The van der Waals surface area contributed by atoms with Crippen molar-refractivity contribution in [3.05, 3.63) is 86.1 Å². The van der Waals surface area contributed by atoms with E-state index in [1.54, 1.807) is 11.3 Å². The second kappa shape index (κ2) is 7.65. The van der Waals surface area contributed by atoms with Gasteiger partial charge < -0.3 is 10.3 Å². The number of para-hydroxylation sites is 1. The monoisotopic (exact) mass is 423 g/mol. The number of rotatable bonds is 4. The van der Waals surface area contributed by atoms with Crippen LogP contribution in [-0.4, -0.2) is 9.97 Å². The third kappa shape index (κ3) is 4.36. The summed E-state index contributed by atoms with van der Waals surface area (Å²) in [5, 5.41) is 5.84. The lowest BCUT2D eigenvalue weighted by Crippen LogP contribution is -2.17. The highest BCUT2D eigenvalue weighted by Gasteiger charge is 2.24. The fraction of sp³-hybridized carbons (Fsp3) is 0.217. The molecule has 0 amide bonds. The van der Waals surface area contributed by atoms with Crippen molar-refractivity contribution in [2.24, 2.45) is 0 Å². The number of nitrogens with one attached hydrogen (secondary N) is 2. The van der Waals surface area contributed by atoms with E-state index < -0.39 is 0 Å². The molecule has 0 bridgehead atoms. The second-order valence-electron chi connectivity index (χ2n) is 8.06. The Morgan fingerprint density at radius 1 is 1.10 bits per heavy atom. The molecule has 2 N–H and O–H groups in total. The molecule has 0 aliphatic heterocycles. The number of anilines is 2. The average molecular weight is 424 g/mol. The minimum Gasteiger partial charge on any atom is -0.331 e. The van der Waals surface area contributed by atoms with Crippen molar-refractivity contribution in [1.29, 1.82) is 0 Å². The number of H-pyrrole nitrogens is 1. The van der Waals surface area contributed by atoms with Crippen LogP contribution in [0.2, 0.25) is 5.02 Å². The number of thiazole rings is 1. The molecule has 0 spiro atoms. The van der Waals surface area contributed by atoms with E-state index in [2.05, 4.69) is 31.1 Å². The normalized spacial score (nSPS) is 11.7. The molecule has 6 heteroatoms. The van der Waals surface area contributed by atoms with E-state index in [1.165, 1.54) is 0 Å². The summed E-state index contributed by atoms with van der Waals surface area (Å²) in [7, 11) is 0. The van der Waals surface area contributed by atoms with Crippen LogP contribution in [0.3, 0.4) is 0 Å². The first-order valence-electron chi connectivity index (χ1n) is 9.43. The summed E-state index contributed by atoms with van der Waals surface area (Å²) in [5.41, 5.74) is 3.30. The summed E-state index contributed by atoms with van der Waals surface area (Å²) in [5.74, 6) is 0. The Hall–Kier alpha value is -2.63. The van der Waals surface area contributed by atoms with E-state index in [9.17, 15) is 4.79 Å². The van der Waals surface area contributed by atoms with Gasteiger partial charge in [-0.05, 0) is 35.7 Å². The Kier molecular flexibility index (Phi) is 5.19. The first-order valence-corrected chi connectivity index (χ1v) is 10.6. The van der Waals surface area contributed by atoms with Gasteiger partial charge in [-0.15, -0.1) is 11.3 Å². The van der Waals surface area contributed by atoms with Crippen LogP contribution in [0.15, 0.2) is 59.4 Å². The fourth-order valence-electron chi connectivity index (χ4n) is 3.30. The van der Waals surface area contributed by atoms with Crippen molar-refractivity contribution in [3.8, 4) is 0 Å². The SMILES string of the molecule is CC(C)(C)c1nc(Nc2cccc(Cl)c2)sc1Cc1cc2ccccc2[nH]c1=O. The molecule has 0 aliphatic rings. The van der Waals surface area contributed by atoms with Gasteiger partial charge in [-0.2, -0.15) is 0 Å². The summed E-state index contributed by atoms with van der Waals surface area (Å²) in [4.78, 5) is 21.6. The van der Waals surface area contributed by atoms with Crippen molar-refractivity contribution in [2.75, 3.05) is 5.32 Å². The Morgan fingerprint density at radius 3 is 2.66 bits per heavy atom. The van der Waals surface area contributed by atoms with Gasteiger partial charge in [0.05, 0.1) is 5.69 Å². The number of fused-ring (bicyclic) bond motifs is 1. The predicted octanol–water partition coefficient (Wildman–Crippen LogP) is 6.27. The van der Waals surface area contributed by atoms with Gasteiger partial charge in [0.25, 0.3) is 5.56 Å². The average Bonchev–Trinajstić information content (AvgIpc) is 3.05. The number of benzene rings is 2. The molecule has 0 atom stereocenters. The molecule has 0 aliphatic carbocycles. The number of aromatic nitrogens is 2. The van der Waals surface area contributed by atoms with Gasteiger partial charge in [-0.25, -0.2) is 4.98 Å². The van der Waals surface area contributed by atoms with Crippen LogP contribution in [-0.2, 0) is 11.8 Å². The van der Waals surface area contributed by atoms with E-state index in [1.807, 2.05) is 54.6 Å². The zero-order valence-electron chi connectivity index (χ0n) is 16.5. The summed E-state index contributed by atoms with van der Waals surface area (Å²) < 4.78 is 0. The van der Waals surface area contributed by atoms with Crippen LogP contribution in [0.5, 0.6) is 0 Å². The van der Waals surface area contributed by atoms with E-state index >= 15 is 0 Å². The van der Waals surface area contributed by atoms with Crippen molar-refractivity contribution in [3.63, 3.8) is 0 Å². The molecule has 2 heterocycles. The van der Waals surface area contributed by atoms with E-state index in [0.29, 0.717) is 11.4 Å². The van der Waals surface area contributed by atoms with E-state index in [-0.39, 0.29) is 11.0 Å². The van der Waals surface area contributed by atoms with Gasteiger partial charge >= 0.3 is 0 Å². The first-order chi connectivity index (χ1) is 13.8. The number of aromatic amines is 1. The smallest absolute Gasteiger partial charge is 0.251 e.